The predicted octanol–water partition coefficient (Wildman–Crippen LogP) is 2.54. The number of nitrogens with zero attached hydrogens (tertiary/aromatic N) is 4. The van der Waals surface area contributed by atoms with Crippen molar-refractivity contribution in [3.05, 3.63) is 59.2 Å². The molecule has 0 radical (unpaired) electrons. The number of hydrogen-bond donors (Lipinski definition) is 1. The summed E-state index contributed by atoms with van der Waals surface area (Å²) in [7, 11) is 0. The van der Waals surface area contributed by atoms with E-state index in [1.54, 1.807) is 12.1 Å². The van der Waals surface area contributed by atoms with Crippen molar-refractivity contribution in [2.45, 2.75) is 32.9 Å². The number of aryl methyl sites for hydroxylation is 3. The lowest BCUT2D eigenvalue weighted by molar-refractivity contribution is -0.123. The van der Waals surface area contributed by atoms with Gasteiger partial charge in [0.15, 0.2) is 12.1 Å². The predicted molar refractivity (Wildman–Crippen MR) is 107 cm³/mol. The molecule has 2 aliphatic heterocycles. The molecular weight excluding hydrogens is 370 g/mol. The Morgan fingerprint density at radius 3 is 2.31 bits per heavy atom. The molecule has 1 N–H and O–H groups in total. The zero-order chi connectivity index (χ0) is 20.7. The second-order valence-electron chi connectivity index (χ2n) is 7.36. The van der Waals surface area contributed by atoms with Crippen LogP contribution in [-0.2, 0) is 14.4 Å². The largest absolute Gasteiger partial charge is 0.324 e. The van der Waals surface area contributed by atoms with Crippen molar-refractivity contribution in [1.29, 1.82) is 0 Å². The molecule has 0 saturated carbocycles. The van der Waals surface area contributed by atoms with E-state index in [-0.39, 0.29) is 12.5 Å². The van der Waals surface area contributed by atoms with Crippen LogP contribution in [0.5, 0.6) is 0 Å². The van der Waals surface area contributed by atoms with Crippen LogP contribution in [0.2, 0.25) is 0 Å². The monoisotopic (exact) mass is 391 g/mol. The van der Waals surface area contributed by atoms with Crippen LogP contribution in [0, 0.1) is 20.8 Å². The van der Waals surface area contributed by atoms with E-state index in [2.05, 4.69) is 15.7 Å². The molecular formula is C21H21N5O3. The number of rotatable bonds is 4. The number of anilines is 2. The van der Waals surface area contributed by atoms with Crippen LogP contribution in [0.1, 0.15) is 16.7 Å². The molecule has 3 amide bonds. The van der Waals surface area contributed by atoms with E-state index < -0.39 is 23.9 Å². The second kappa shape index (κ2) is 7.12. The molecule has 8 heteroatoms. The highest BCUT2D eigenvalue weighted by atomic mass is 16.2. The number of para-hydroxylation sites is 1. The molecule has 2 aromatic carbocycles. The maximum absolute atomic E-state index is 13.1. The molecule has 148 valence electrons. The number of fused-ring (bicyclic) bond motifs is 1. The van der Waals surface area contributed by atoms with Gasteiger partial charge >= 0.3 is 0 Å². The van der Waals surface area contributed by atoms with Crippen LogP contribution in [-0.4, -0.2) is 41.4 Å². The highest BCUT2D eigenvalue weighted by molar-refractivity contribution is 6.26. The first kappa shape index (κ1) is 18.8. The summed E-state index contributed by atoms with van der Waals surface area (Å²) in [5.74, 6) is -1.16. The van der Waals surface area contributed by atoms with Gasteiger partial charge in [0, 0.05) is 5.69 Å². The summed E-state index contributed by atoms with van der Waals surface area (Å²) in [5.41, 5.74) is 3.97. The summed E-state index contributed by atoms with van der Waals surface area (Å²) in [5, 5.41) is 12.0. The van der Waals surface area contributed by atoms with E-state index in [0.717, 1.165) is 16.7 Å². The van der Waals surface area contributed by atoms with Gasteiger partial charge in [-0.2, -0.15) is 5.11 Å². The molecule has 4 rings (SSSR count). The second-order valence-corrected chi connectivity index (χ2v) is 7.36. The zero-order valence-electron chi connectivity index (χ0n) is 16.4. The molecule has 2 aliphatic rings. The SMILES string of the molecule is Cc1ccc(NC(=O)CN2N=N[C@@H]3C(=O)N(c4c(C)cccc4C)C(=O)[C@@H]32)cc1. The van der Waals surface area contributed by atoms with E-state index in [1.165, 1.54) is 9.91 Å². The summed E-state index contributed by atoms with van der Waals surface area (Å²) in [6.07, 6.45) is 0. The van der Waals surface area contributed by atoms with Crippen molar-refractivity contribution >= 4 is 29.1 Å². The third kappa shape index (κ3) is 3.26. The minimum absolute atomic E-state index is 0.168. The quantitative estimate of drug-likeness (QED) is 0.811. The summed E-state index contributed by atoms with van der Waals surface area (Å²) < 4.78 is 0. The van der Waals surface area contributed by atoms with E-state index in [0.29, 0.717) is 11.4 Å². The van der Waals surface area contributed by atoms with E-state index >= 15 is 0 Å². The smallest absolute Gasteiger partial charge is 0.263 e. The molecule has 1 saturated heterocycles. The van der Waals surface area contributed by atoms with Crippen LogP contribution in [0.3, 0.4) is 0 Å². The first-order chi connectivity index (χ1) is 13.9. The van der Waals surface area contributed by atoms with Crippen LogP contribution < -0.4 is 10.2 Å². The fourth-order valence-corrected chi connectivity index (χ4v) is 3.72. The Hall–Kier alpha value is -3.55. The van der Waals surface area contributed by atoms with Crippen LogP contribution in [0.25, 0.3) is 0 Å². The third-order valence-electron chi connectivity index (χ3n) is 5.16. The van der Waals surface area contributed by atoms with Gasteiger partial charge in [-0.15, -0.1) is 0 Å². The Labute approximate surface area is 168 Å². The Morgan fingerprint density at radius 1 is 1.00 bits per heavy atom. The van der Waals surface area contributed by atoms with Crippen molar-refractivity contribution in [2.75, 3.05) is 16.8 Å². The Morgan fingerprint density at radius 2 is 1.66 bits per heavy atom. The fraction of sp³-hybridized carbons (Fsp3) is 0.286. The van der Waals surface area contributed by atoms with E-state index in [1.807, 2.05) is 51.1 Å². The number of amides is 3. The molecule has 2 atom stereocenters. The van der Waals surface area contributed by atoms with Gasteiger partial charge in [0.2, 0.25) is 5.91 Å². The Kier molecular flexibility index (Phi) is 4.62. The number of benzene rings is 2. The van der Waals surface area contributed by atoms with Gasteiger partial charge in [-0.25, -0.2) is 4.90 Å². The van der Waals surface area contributed by atoms with Gasteiger partial charge in [-0.3, -0.25) is 19.4 Å². The van der Waals surface area contributed by atoms with Crippen molar-refractivity contribution in [3.63, 3.8) is 0 Å². The van der Waals surface area contributed by atoms with Gasteiger partial charge in [-0.1, -0.05) is 41.1 Å². The summed E-state index contributed by atoms with van der Waals surface area (Å²) in [4.78, 5) is 39.6. The van der Waals surface area contributed by atoms with E-state index in [4.69, 9.17) is 0 Å². The number of imide groups is 1. The standard InChI is InChI=1S/C21H21N5O3/c1-12-7-9-15(10-8-12)22-16(27)11-25-19-17(23-24-25)20(28)26(21(19)29)18-13(2)5-4-6-14(18)3/h4-10,17,19H,11H2,1-3H3,(H,22,27)/t17-,19+/m0/s1. The molecule has 1 fully saturated rings. The van der Waals surface area contributed by atoms with Crippen molar-refractivity contribution in [2.24, 2.45) is 10.3 Å². The maximum Gasteiger partial charge on any atom is 0.263 e. The van der Waals surface area contributed by atoms with Gasteiger partial charge in [0.05, 0.1) is 5.69 Å². The average Bonchev–Trinajstić information content (AvgIpc) is 3.18. The summed E-state index contributed by atoms with van der Waals surface area (Å²) in [6, 6.07) is 11.1. The minimum atomic E-state index is -0.923. The highest BCUT2D eigenvalue weighted by Crippen LogP contribution is 2.35. The topological polar surface area (TPSA) is 94.4 Å². The fourth-order valence-electron chi connectivity index (χ4n) is 3.72. The minimum Gasteiger partial charge on any atom is -0.324 e. The van der Waals surface area contributed by atoms with Crippen LogP contribution in [0.4, 0.5) is 11.4 Å². The van der Waals surface area contributed by atoms with Gasteiger partial charge in [-0.05, 0) is 44.0 Å². The molecule has 2 aromatic rings. The van der Waals surface area contributed by atoms with Gasteiger partial charge in [0.1, 0.15) is 6.54 Å². The Bertz CT molecular complexity index is 1010. The molecule has 0 aliphatic carbocycles. The lowest BCUT2D eigenvalue weighted by Gasteiger charge is -2.22. The van der Waals surface area contributed by atoms with Crippen molar-refractivity contribution < 1.29 is 14.4 Å². The maximum atomic E-state index is 13.1. The number of carbonyl (C=O) groups excluding carboxylic acids is 3. The molecule has 8 nitrogen and oxygen atoms in total. The molecule has 0 aromatic heterocycles. The Balaban J connectivity index is 1.52. The van der Waals surface area contributed by atoms with E-state index in [9.17, 15) is 14.4 Å². The molecule has 0 bridgehead atoms. The molecule has 29 heavy (non-hydrogen) atoms. The number of nitrogens with one attached hydrogen (secondary N) is 1. The average molecular weight is 391 g/mol. The number of hydrogen-bond acceptors (Lipinski definition) is 6. The molecule has 0 unspecified atom stereocenters. The van der Waals surface area contributed by atoms with Crippen molar-refractivity contribution in [1.82, 2.24) is 5.01 Å². The van der Waals surface area contributed by atoms with Gasteiger partial charge < -0.3 is 5.32 Å². The summed E-state index contributed by atoms with van der Waals surface area (Å²) >= 11 is 0. The first-order valence-electron chi connectivity index (χ1n) is 9.35. The zero-order valence-corrected chi connectivity index (χ0v) is 16.4. The van der Waals surface area contributed by atoms with Crippen LogP contribution in [0.15, 0.2) is 52.8 Å². The third-order valence-corrected chi connectivity index (χ3v) is 5.16. The first-order valence-corrected chi connectivity index (χ1v) is 9.35. The van der Waals surface area contributed by atoms with Gasteiger partial charge in [0.25, 0.3) is 11.8 Å². The van der Waals surface area contributed by atoms with Crippen LogP contribution >= 0.6 is 0 Å². The molecule has 0 spiro atoms. The summed E-state index contributed by atoms with van der Waals surface area (Å²) in [6.45, 7) is 5.50. The van der Waals surface area contributed by atoms with Crippen molar-refractivity contribution in [3.8, 4) is 0 Å². The lowest BCUT2D eigenvalue weighted by Crippen LogP contribution is -2.43. The normalized spacial score (nSPS) is 20.4. The number of carbonyl (C=O) groups is 3. The highest BCUT2D eigenvalue weighted by Gasteiger charge is 2.55. The lowest BCUT2D eigenvalue weighted by atomic mass is 10.1. The molecule has 2 heterocycles.